The predicted molar refractivity (Wildman–Crippen MR) is 66.5 cm³/mol. The van der Waals surface area contributed by atoms with E-state index < -0.39 is 0 Å². The smallest absolute Gasteiger partial charge is 0.0474 e. The van der Waals surface area contributed by atoms with Crippen molar-refractivity contribution in [2.75, 3.05) is 26.7 Å². The Bertz CT molecular complexity index is 210. The van der Waals surface area contributed by atoms with Gasteiger partial charge in [0.1, 0.15) is 0 Å². The number of likely N-dealkylation sites (tertiary alicyclic amines) is 1. The molecule has 0 amide bonds. The van der Waals surface area contributed by atoms with E-state index in [1.54, 1.807) is 0 Å². The summed E-state index contributed by atoms with van der Waals surface area (Å²) in [6.07, 6.45) is 7.64. The zero-order valence-corrected chi connectivity index (χ0v) is 10.5. The lowest BCUT2D eigenvalue weighted by Crippen LogP contribution is -2.41. The average Bonchev–Trinajstić information content (AvgIpc) is 2.63. The predicted octanol–water partition coefficient (Wildman–Crippen LogP) is 1.22. The topological polar surface area (TPSA) is 35.5 Å². The Morgan fingerprint density at radius 1 is 1.12 bits per heavy atom. The highest BCUT2D eigenvalue weighted by atomic mass is 16.3. The first-order valence-electron chi connectivity index (χ1n) is 6.85. The van der Waals surface area contributed by atoms with Crippen LogP contribution >= 0.6 is 0 Å². The van der Waals surface area contributed by atoms with E-state index in [1.165, 1.54) is 51.6 Å². The third-order valence-electron chi connectivity index (χ3n) is 4.30. The molecule has 16 heavy (non-hydrogen) atoms. The maximum atomic E-state index is 9.32. The van der Waals surface area contributed by atoms with Gasteiger partial charge >= 0.3 is 0 Å². The van der Waals surface area contributed by atoms with Crippen molar-refractivity contribution in [2.45, 2.75) is 50.6 Å². The minimum absolute atomic E-state index is 0.365. The molecule has 2 aliphatic rings. The van der Waals surface area contributed by atoms with Crippen molar-refractivity contribution in [2.24, 2.45) is 5.92 Å². The highest BCUT2D eigenvalue weighted by Crippen LogP contribution is 2.26. The second-order valence-electron chi connectivity index (χ2n) is 5.58. The summed E-state index contributed by atoms with van der Waals surface area (Å²) in [5.74, 6) is 0.515. The summed E-state index contributed by atoms with van der Waals surface area (Å²) in [4.78, 5) is 2.43. The number of nitrogens with zero attached hydrogens (tertiary/aromatic N) is 1. The molecule has 3 heteroatoms. The van der Waals surface area contributed by atoms with Crippen molar-refractivity contribution in [1.29, 1.82) is 0 Å². The molecule has 2 N–H and O–H groups in total. The monoisotopic (exact) mass is 226 g/mol. The van der Waals surface area contributed by atoms with Gasteiger partial charge in [-0.15, -0.1) is 0 Å². The maximum Gasteiger partial charge on any atom is 0.0474 e. The second kappa shape index (κ2) is 5.99. The minimum atomic E-state index is 0.365. The quantitative estimate of drug-likeness (QED) is 0.759. The molecule has 1 heterocycles. The van der Waals surface area contributed by atoms with Gasteiger partial charge in [-0.05, 0) is 58.2 Å². The zero-order chi connectivity index (χ0) is 11.4. The third-order valence-corrected chi connectivity index (χ3v) is 4.30. The summed E-state index contributed by atoms with van der Waals surface area (Å²) in [5, 5.41) is 13.1. The molecule has 1 aliphatic heterocycles. The Labute approximate surface area is 99.2 Å². The lowest BCUT2D eigenvalue weighted by Gasteiger charge is -2.25. The Morgan fingerprint density at radius 2 is 2.00 bits per heavy atom. The molecule has 94 valence electrons. The van der Waals surface area contributed by atoms with Crippen molar-refractivity contribution >= 4 is 0 Å². The van der Waals surface area contributed by atoms with E-state index in [0.29, 0.717) is 24.6 Å². The SMILES string of the molecule is CN1CCCC(NC2CCCC2CO)CC1. The molecule has 2 fully saturated rings. The molecule has 0 aromatic heterocycles. The number of hydrogen-bond acceptors (Lipinski definition) is 3. The van der Waals surface area contributed by atoms with Crippen LogP contribution in [0, 0.1) is 5.92 Å². The van der Waals surface area contributed by atoms with Crippen LogP contribution in [0.1, 0.15) is 38.5 Å². The van der Waals surface area contributed by atoms with Gasteiger partial charge in [-0.25, -0.2) is 0 Å². The molecule has 1 saturated heterocycles. The summed E-state index contributed by atoms with van der Waals surface area (Å²) in [6, 6.07) is 1.26. The van der Waals surface area contributed by atoms with E-state index >= 15 is 0 Å². The van der Waals surface area contributed by atoms with Gasteiger partial charge in [-0.1, -0.05) is 6.42 Å². The lowest BCUT2D eigenvalue weighted by molar-refractivity contribution is 0.197. The lowest BCUT2D eigenvalue weighted by atomic mass is 10.0. The van der Waals surface area contributed by atoms with Gasteiger partial charge in [-0.3, -0.25) is 0 Å². The first-order valence-corrected chi connectivity index (χ1v) is 6.85. The normalized spacial score (nSPS) is 37.5. The van der Waals surface area contributed by atoms with Crippen LogP contribution in [-0.2, 0) is 0 Å². The Balaban J connectivity index is 1.79. The van der Waals surface area contributed by atoms with Crippen molar-refractivity contribution in [3.63, 3.8) is 0 Å². The fourth-order valence-corrected chi connectivity index (χ4v) is 3.18. The van der Waals surface area contributed by atoms with Crippen molar-refractivity contribution < 1.29 is 5.11 Å². The fraction of sp³-hybridized carbons (Fsp3) is 1.00. The first kappa shape index (κ1) is 12.3. The Morgan fingerprint density at radius 3 is 2.81 bits per heavy atom. The van der Waals surface area contributed by atoms with Crippen LogP contribution in [0.25, 0.3) is 0 Å². The fourth-order valence-electron chi connectivity index (χ4n) is 3.18. The van der Waals surface area contributed by atoms with Crippen LogP contribution in [0.5, 0.6) is 0 Å². The van der Waals surface area contributed by atoms with Crippen LogP contribution in [0.3, 0.4) is 0 Å². The number of aliphatic hydroxyl groups is 1. The molecule has 0 bridgehead atoms. The summed E-state index contributed by atoms with van der Waals surface area (Å²) < 4.78 is 0. The molecular weight excluding hydrogens is 200 g/mol. The molecule has 3 nitrogen and oxygen atoms in total. The van der Waals surface area contributed by atoms with Gasteiger partial charge in [0.25, 0.3) is 0 Å². The van der Waals surface area contributed by atoms with Crippen molar-refractivity contribution in [3.8, 4) is 0 Å². The highest BCUT2D eigenvalue weighted by Gasteiger charge is 2.28. The van der Waals surface area contributed by atoms with Gasteiger partial charge in [0.15, 0.2) is 0 Å². The van der Waals surface area contributed by atoms with Crippen LogP contribution in [0.4, 0.5) is 0 Å². The van der Waals surface area contributed by atoms with E-state index in [9.17, 15) is 5.11 Å². The zero-order valence-electron chi connectivity index (χ0n) is 10.5. The minimum Gasteiger partial charge on any atom is -0.396 e. The molecule has 3 atom stereocenters. The van der Waals surface area contributed by atoms with Crippen LogP contribution < -0.4 is 5.32 Å². The van der Waals surface area contributed by atoms with Crippen LogP contribution in [0.2, 0.25) is 0 Å². The largest absolute Gasteiger partial charge is 0.396 e. The molecule has 1 aliphatic carbocycles. The third kappa shape index (κ3) is 3.19. The highest BCUT2D eigenvalue weighted by molar-refractivity contribution is 4.86. The summed E-state index contributed by atoms with van der Waals surface area (Å²) in [7, 11) is 2.22. The number of aliphatic hydroxyl groups excluding tert-OH is 1. The molecule has 3 unspecified atom stereocenters. The van der Waals surface area contributed by atoms with Crippen LogP contribution in [0.15, 0.2) is 0 Å². The van der Waals surface area contributed by atoms with E-state index in [2.05, 4.69) is 17.3 Å². The molecule has 1 saturated carbocycles. The van der Waals surface area contributed by atoms with Crippen molar-refractivity contribution in [1.82, 2.24) is 10.2 Å². The first-order chi connectivity index (χ1) is 7.79. The van der Waals surface area contributed by atoms with Gasteiger partial charge in [0, 0.05) is 18.7 Å². The number of nitrogens with one attached hydrogen (secondary N) is 1. The van der Waals surface area contributed by atoms with E-state index in [1.807, 2.05) is 0 Å². The van der Waals surface area contributed by atoms with E-state index in [4.69, 9.17) is 0 Å². The Kier molecular flexibility index (Phi) is 4.62. The molecule has 0 aromatic carbocycles. The standard InChI is InChI=1S/C13H26N2O/c1-15-8-3-5-12(7-9-15)14-13-6-2-4-11(13)10-16/h11-14,16H,2-10H2,1H3. The molecule has 0 spiro atoms. The van der Waals surface area contributed by atoms with Gasteiger partial charge in [-0.2, -0.15) is 0 Å². The van der Waals surface area contributed by atoms with Gasteiger partial charge in [0.2, 0.25) is 0 Å². The molecular formula is C13H26N2O. The summed E-state index contributed by atoms with van der Waals surface area (Å²) >= 11 is 0. The molecule has 2 rings (SSSR count). The van der Waals surface area contributed by atoms with E-state index in [-0.39, 0.29) is 0 Å². The van der Waals surface area contributed by atoms with Gasteiger partial charge < -0.3 is 15.3 Å². The molecule has 0 aromatic rings. The molecule has 0 radical (unpaired) electrons. The summed E-state index contributed by atoms with van der Waals surface area (Å²) in [6.45, 7) is 2.82. The second-order valence-corrected chi connectivity index (χ2v) is 5.58. The van der Waals surface area contributed by atoms with Crippen molar-refractivity contribution in [3.05, 3.63) is 0 Å². The summed E-state index contributed by atoms with van der Waals surface area (Å²) in [5.41, 5.74) is 0. The van der Waals surface area contributed by atoms with E-state index in [0.717, 1.165) is 0 Å². The number of hydrogen-bond donors (Lipinski definition) is 2. The Hall–Kier alpha value is -0.120. The van der Waals surface area contributed by atoms with Crippen LogP contribution in [-0.4, -0.2) is 48.8 Å². The average molecular weight is 226 g/mol. The number of rotatable bonds is 3. The van der Waals surface area contributed by atoms with Gasteiger partial charge in [0.05, 0.1) is 0 Å². The maximum absolute atomic E-state index is 9.32.